The highest BCUT2D eigenvalue weighted by Gasteiger charge is 2.03. The minimum atomic E-state index is 0.559. The molecule has 0 amide bonds. The molecule has 2 nitrogen and oxygen atoms in total. The van der Waals surface area contributed by atoms with E-state index in [1.807, 2.05) is 12.3 Å². The van der Waals surface area contributed by atoms with E-state index in [0.29, 0.717) is 12.4 Å². The Labute approximate surface area is 88.1 Å². The van der Waals surface area contributed by atoms with Crippen molar-refractivity contribution in [3.8, 4) is 0 Å². The van der Waals surface area contributed by atoms with Crippen molar-refractivity contribution >= 4 is 22.5 Å². The van der Waals surface area contributed by atoms with Gasteiger partial charge in [-0.05, 0) is 36.2 Å². The number of nitrogens with one attached hydrogen (secondary N) is 1. The van der Waals surface area contributed by atoms with Crippen LogP contribution in [0.5, 0.6) is 0 Å². The second-order valence-electron chi connectivity index (χ2n) is 3.37. The van der Waals surface area contributed by atoms with Crippen LogP contribution in [0.15, 0.2) is 24.4 Å². The summed E-state index contributed by atoms with van der Waals surface area (Å²) >= 11 is 5.79. The maximum absolute atomic E-state index is 5.79. The van der Waals surface area contributed by atoms with Crippen LogP contribution in [0.1, 0.15) is 11.1 Å². The molecule has 0 saturated carbocycles. The third-order valence-electron chi connectivity index (χ3n) is 2.40. The number of rotatable bonds is 3. The van der Waals surface area contributed by atoms with Crippen LogP contribution in [0.25, 0.3) is 10.9 Å². The summed E-state index contributed by atoms with van der Waals surface area (Å²) in [4.78, 5) is 3.23. The molecule has 1 heterocycles. The van der Waals surface area contributed by atoms with Crippen LogP contribution in [-0.4, -0.2) is 11.5 Å². The quantitative estimate of drug-likeness (QED) is 0.748. The lowest BCUT2D eigenvalue weighted by molar-refractivity contribution is 0.976. The van der Waals surface area contributed by atoms with E-state index in [2.05, 4.69) is 17.1 Å². The van der Waals surface area contributed by atoms with Gasteiger partial charge in [-0.3, -0.25) is 0 Å². The molecular weight excluding hydrogens is 196 g/mol. The normalized spacial score (nSPS) is 11.0. The van der Waals surface area contributed by atoms with Crippen molar-refractivity contribution in [2.24, 2.45) is 5.73 Å². The Kier molecular flexibility index (Phi) is 2.75. The molecule has 74 valence electrons. The van der Waals surface area contributed by atoms with Crippen LogP contribution >= 0.6 is 11.6 Å². The molecule has 3 N–H and O–H groups in total. The van der Waals surface area contributed by atoms with E-state index < -0.39 is 0 Å². The van der Waals surface area contributed by atoms with Gasteiger partial charge in [-0.2, -0.15) is 0 Å². The number of halogens is 1. The highest BCUT2D eigenvalue weighted by molar-refractivity contribution is 6.17. The highest BCUT2D eigenvalue weighted by Crippen LogP contribution is 2.20. The van der Waals surface area contributed by atoms with Crippen LogP contribution in [0.2, 0.25) is 0 Å². The first-order valence-electron chi connectivity index (χ1n) is 4.70. The van der Waals surface area contributed by atoms with Gasteiger partial charge in [0.2, 0.25) is 0 Å². The van der Waals surface area contributed by atoms with Gasteiger partial charge in [0.1, 0.15) is 0 Å². The van der Waals surface area contributed by atoms with E-state index in [1.54, 1.807) is 0 Å². The van der Waals surface area contributed by atoms with Crippen LogP contribution < -0.4 is 5.73 Å². The smallest absolute Gasteiger partial charge is 0.0474 e. The molecule has 3 heteroatoms. The molecule has 0 aliphatic rings. The second-order valence-corrected chi connectivity index (χ2v) is 3.63. The Balaban J connectivity index is 2.52. The zero-order chi connectivity index (χ0) is 9.97. The summed E-state index contributed by atoms with van der Waals surface area (Å²) in [6, 6.07) is 6.23. The maximum Gasteiger partial charge on any atom is 0.0474 e. The van der Waals surface area contributed by atoms with Crippen LogP contribution in [0.4, 0.5) is 0 Å². The predicted octanol–water partition coefficient (Wildman–Crippen LogP) is 2.41. The van der Waals surface area contributed by atoms with E-state index in [1.165, 1.54) is 10.9 Å². The van der Waals surface area contributed by atoms with E-state index in [9.17, 15) is 0 Å². The monoisotopic (exact) mass is 208 g/mol. The van der Waals surface area contributed by atoms with Crippen molar-refractivity contribution in [2.75, 3.05) is 6.54 Å². The van der Waals surface area contributed by atoms with Gasteiger partial charge in [-0.15, -0.1) is 11.6 Å². The average Bonchev–Trinajstić information content (AvgIpc) is 2.61. The zero-order valence-corrected chi connectivity index (χ0v) is 8.64. The molecule has 1 aromatic carbocycles. The van der Waals surface area contributed by atoms with Crippen molar-refractivity contribution in [3.63, 3.8) is 0 Å². The third kappa shape index (κ3) is 1.63. The lowest BCUT2D eigenvalue weighted by atomic mass is 10.1. The van der Waals surface area contributed by atoms with Gasteiger partial charge in [-0.1, -0.05) is 6.07 Å². The third-order valence-corrected chi connectivity index (χ3v) is 2.71. The maximum atomic E-state index is 5.79. The minimum Gasteiger partial charge on any atom is -0.361 e. The lowest BCUT2D eigenvalue weighted by Gasteiger charge is -1.98. The number of nitrogens with two attached hydrogens (primary N) is 1. The number of hydrogen-bond donors (Lipinski definition) is 2. The summed E-state index contributed by atoms with van der Waals surface area (Å²) in [7, 11) is 0. The fraction of sp³-hybridized carbons (Fsp3) is 0.273. The first-order valence-corrected chi connectivity index (χ1v) is 5.23. The van der Waals surface area contributed by atoms with Gasteiger partial charge in [-0.25, -0.2) is 0 Å². The van der Waals surface area contributed by atoms with Crippen molar-refractivity contribution in [3.05, 3.63) is 35.5 Å². The Morgan fingerprint density at radius 1 is 1.36 bits per heavy atom. The highest BCUT2D eigenvalue weighted by atomic mass is 35.5. The molecule has 0 spiro atoms. The van der Waals surface area contributed by atoms with Crippen LogP contribution in [-0.2, 0) is 12.3 Å². The molecular formula is C11H13ClN2. The molecule has 0 aliphatic heterocycles. The summed E-state index contributed by atoms with van der Waals surface area (Å²) in [5.74, 6) is 0.559. The number of aromatic nitrogens is 1. The summed E-state index contributed by atoms with van der Waals surface area (Å²) in [6.07, 6.45) is 2.93. The Hall–Kier alpha value is -0.990. The summed E-state index contributed by atoms with van der Waals surface area (Å²) in [5, 5.41) is 1.24. The van der Waals surface area contributed by atoms with E-state index in [0.717, 1.165) is 17.5 Å². The van der Waals surface area contributed by atoms with Crippen molar-refractivity contribution in [2.45, 2.75) is 12.3 Å². The van der Waals surface area contributed by atoms with Gasteiger partial charge in [0.25, 0.3) is 0 Å². The van der Waals surface area contributed by atoms with Gasteiger partial charge in [0.15, 0.2) is 0 Å². The van der Waals surface area contributed by atoms with Crippen molar-refractivity contribution in [1.29, 1.82) is 0 Å². The van der Waals surface area contributed by atoms with Gasteiger partial charge in [0, 0.05) is 23.0 Å². The standard InChI is InChI=1S/C11H13ClN2/c12-6-8-1-2-11-10(5-8)9(3-4-13)7-14-11/h1-2,5,7,14H,3-4,6,13H2. The number of aromatic amines is 1. The van der Waals surface area contributed by atoms with E-state index >= 15 is 0 Å². The van der Waals surface area contributed by atoms with Crippen molar-refractivity contribution < 1.29 is 0 Å². The topological polar surface area (TPSA) is 41.8 Å². The number of H-pyrrole nitrogens is 1. The number of fused-ring (bicyclic) bond motifs is 1. The van der Waals surface area contributed by atoms with Gasteiger partial charge >= 0.3 is 0 Å². The molecule has 1 aromatic heterocycles. The predicted molar refractivity (Wildman–Crippen MR) is 60.6 cm³/mol. The van der Waals surface area contributed by atoms with E-state index in [4.69, 9.17) is 17.3 Å². The summed E-state index contributed by atoms with van der Waals surface area (Å²) < 4.78 is 0. The van der Waals surface area contributed by atoms with Crippen LogP contribution in [0.3, 0.4) is 0 Å². The molecule has 2 aromatic rings. The molecule has 0 bridgehead atoms. The molecule has 0 atom stereocenters. The first kappa shape index (κ1) is 9.56. The lowest BCUT2D eigenvalue weighted by Crippen LogP contribution is -2.01. The molecule has 0 fully saturated rings. The van der Waals surface area contributed by atoms with Crippen molar-refractivity contribution in [1.82, 2.24) is 4.98 Å². The summed E-state index contributed by atoms with van der Waals surface area (Å²) in [5.41, 5.74) is 9.12. The largest absolute Gasteiger partial charge is 0.361 e. The summed E-state index contributed by atoms with van der Waals surface area (Å²) in [6.45, 7) is 0.679. The fourth-order valence-electron chi connectivity index (χ4n) is 1.67. The Morgan fingerprint density at radius 2 is 2.21 bits per heavy atom. The Bertz CT molecular complexity index is 434. The molecule has 0 radical (unpaired) electrons. The molecule has 2 rings (SSSR count). The SMILES string of the molecule is NCCc1c[nH]c2ccc(CCl)cc12. The number of alkyl halides is 1. The molecule has 0 aliphatic carbocycles. The average molecular weight is 209 g/mol. The second kappa shape index (κ2) is 4.03. The van der Waals surface area contributed by atoms with Gasteiger partial charge in [0.05, 0.1) is 0 Å². The number of benzene rings is 1. The zero-order valence-electron chi connectivity index (χ0n) is 7.89. The Morgan fingerprint density at radius 3 is 2.93 bits per heavy atom. The van der Waals surface area contributed by atoms with Gasteiger partial charge < -0.3 is 10.7 Å². The van der Waals surface area contributed by atoms with Crippen LogP contribution in [0, 0.1) is 0 Å². The fourth-order valence-corrected chi connectivity index (χ4v) is 1.84. The molecule has 14 heavy (non-hydrogen) atoms. The number of hydrogen-bond acceptors (Lipinski definition) is 1. The minimum absolute atomic E-state index is 0.559. The van der Waals surface area contributed by atoms with E-state index in [-0.39, 0.29) is 0 Å². The molecule has 0 saturated heterocycles. The molecule has 0 unspecified atom stereocenters. The first-order chi connectivity index (χ1) is 6.85.